The molecule has 0 amide bonds. The highest BCUT2D eigenvalue weighted by Gasteiger charge is 1.96. The first-order valence-electron chi connectivity index (χ1n) is 5.93. The third-order valence-corrected chi connectivity index (χ3v) is 2.77. The fourth-order valence-corrected chi connectivity index (χ4v) is 1.74. The molecule has 4 nitrogen and oxygen atoms in total. The number of nitrogens with zero attached hydrogens (tertiary/aromatic N) is 3. The molecular formula is C13H18N4. The predicted octanol–water partition coefficient (Wildman–Crippen LogP) is 1.42. The Bertz CT molecular complexity index is 436. The van der Waals surface area contributed by atoms with Crippen LogP contribution in [0, 0.1) is 6.92 Å². The Kier molecular flexibility index (Phi) is 4.27. The van der Waals surface area contributed by atoms with Crippen LogP contribution in [0.15, 0.2) is 36.9 Å². The molecule has 2 aromatic rings. The molecule has 2 heterocycles. The maximum Gasteiger partial charge on any atom is 0.105 e. The van der Waals surface area contributed by atoms with Crippen molar-refractivity contribution in [3.8, 4) is 0 Å². The van der Waals surface area contributed by atoms with Crippen molar-refractivity contribution < 1.29 is 0 Å². The summed E-state index contributed by atoms with van der Waals surface area (Å²) < 4.78 is 2.15. The third kappa shape index (κ3) is 3.67. The maximum absolute atomic E-state index is 4.19. The van der Waals surface area contributed by atoms with Gasteiger partial charge in [-0.1, -0.05) is 6.07 Å². The Balaban J connectivity index is 1.63. The minimum Gasteiger partial charge on any atom is -0.334 e. The lowest BCUT2D eigenvalue weighted by Crippen LogP contribution is -2.22. The average molecular weight is 230 g/mol. The molecule has 0 aliphatic carbocycles. The molecular weight excluding hydrogens is 212 g/mol. The van der Waals surface area contributed by atoms with Crippen molar-refractivity contribution in [3.05, 3.63) is 48.3 Å². The number of aryl methyl sites for hydroxylation is 1. The van der Waals surface area contributed by atoms with Gasteiger partial charge in [-0.05, 0) is 31.5 Å². The minimum atomic E-state index is 0.970. The van der Waals surface area contributed by atoms with Gasteiger partial charge in [0.05, 0.1) is 0 Å². The fourth-order valence-electron chi connectivity index (χ4n) is 1.74. The van der Waals surface area contributed by atoms with Gasteiger partial charge in [0.25, 0.3) is 0 Å². The summed E-state index contributed by atoms with van der Waals surface area (Å²) in [6, 6.07) is 4.08. The maximum atomic E-state index is 4.19. The number of imidazole rings is 1. The van der Waals surface area contributed by atoms with Gasteiger partial charge >= 0.3 is 0 Å². The predicted molar refractivity (Wildman–Crippen MR) is 67.8 cm³/mol. The van der Waals surface area contributed by atoms with E-state index in [-0.39, 0.29) is 0 Å². The van der Waals surface area contributed by atoms with Crippen molar-refractivity contribution in [2.24, 2.45) is 0 Å². The molecule has 90 valence electrons. The van der Waals surface area contributed by atoms with E-state index < -0.39 is 0 Å². The average Bonchev–Trinajstić information content (AvgIpc) is 2.76. The van der Waals surface area contributed by atoms with Crippen LogP contribution in [-0.4, -0.2) is 27.6 Å². The van der Waals surface area contributed by atoms with Crippen LogP contribution in [0.2, 0.25) is 0 Å². The zero-order chi connectivity index (χ0) is 11.9. The zero-order valence-electron chi connectivity index (χ0n) is 10.1. The van der Waals surface area contributed by atoms with Gasteiger partial charge in [-0.25, -0.2) is 4.98 Å². The van der Waals surface area contributed by atoms with Crippen LogP contribution in [0.3, 0.4) is 0 Å². The molecule has 0 fully saturated rings. The second kappa shape index (κ2) is 6.15. The lowest BCUT2D eigenvalue weighted by molar-refractivity contribution is 0.588. The van der Waals surface area contributed by atoms with Crippen molar-refractivity contribution in [2.45, 2.75) is 19.9 Å². The fraction of sp³-hybridized carbons (Fsp3) is 0.385. The van der Waals surface area contributed by atoms with Crippen molar-refractivity contribution in [2.75, 3.05) is 13.1 Å². The van der Waals surface area contributed by atoms with E-state index >= 15 is 0 Å². The van der Waals surface area contributed by atoms with Gasteiger partial charge in [0.2, 0.25) is 0 Å². The van der Waals surface area contributed by atoms with Crippen molar-refractivity contribution in [1.29, 1.82) is 0 Å². The van der Waals surface area contributed by atoms with E-state index in [1.165, 1.54) is 5.56 Å². The summed E-state index contributed by atoms with van der Waals surface area (Å²) >= 11 is 0. The van der Waals surface area contributed by atoms with Crippen LogP contribution in [0.5, 0.6) is 0 Å². The number of hydrogen-bond acceptors (Lipinski definition) is 3. The van der Waals surface area contributed by atoms with E-state index in [0.717, 1.165) is 31.9 Å². The molecule has 0 atom stereocenters. The monoisotopic (exact) mass is 230 g/mol. The largest absolute Gasteiger partial charge is 0.334 e. The van der Waals surface area contributed by atoms with Crippen LogP contribution >= 0.6 is 0 Å². The SMILES string of the molecule is Cc1nccn1CCNCCc1cccnc1. The molecule has 4 heteroatoms. The lowest BCUT2D eigenvalue weighted by Gasteiger charge is -2.06. The summed E-state index contributed by atoms with van der Waals surface area (Å²) in [6.07, 6.45) is 8.60. The molecule has 17 heavy (non-hydrogen) atoms. The number of nitrogens with one attached hydrogen (secondary N) is 1. The van der Waals surface area contributed by atoms with E-state index in [1.807, 2.05) is 31.6 Å². The molecule has 0 saturated heterocycles. The Labute approximate surface area is 102 Å². The van der Waals surface area contributed by atoms with Crippen LogP contribution in [-0.2, 0) is 13.0 Å². The van der Waals surface area contributed by atoms with Crippen LogP contribution in [0.1, 0.15) is 11.4 Å². The minimum absolute atomic E-state index is 0.970. The van der Waals surface area contributed by atoms with Gasteiger partial charge in [0.1, 0.15) is 5.82 Å². The van der Waals surface area contributed by atoms with Gasteiger partial charge in [0.15, 0.2) is 0 Å². The number of aromatic nitrogens is 3. The smallest absolute Gasteiger partial charge is 0.105 e. The topological polar surface area (TPSA) is 42.7 Å². The molecule has 0 radical (unpaired) electrons. The van der Waals surface area contributed by atoms with Crippen LogP contribution in [0.4, 0.5) is 0 Å². The molecule has 2 rings (SSSR count). The molecule has 0 saturated carbocycles. The molecule has 0 aliphatic rings. The Hall–Kier alpha value is -1.68. The van der Waals surface area contributed by atoms with Gasteiger partial charge in [-0.3, -0.25) is 4.98 Å². The van der Waals surface area contributed by atoms with Crippen molar-refractivity contribution in [1.82, 2.24) is 19.9 Å². The molecule has 0 unspecified atom stereocenters. The first-order valence-corrected chi connectivity index (χ1v) is 5.93. The molecule has 0 aliphatic heterocycles. The summed E-state index contributed by atoms with van der Waals surface area (Å²) in [6.45, 7) is 4.95. The summed E-state index contributed by atoms with van der Waals surface area (Å²) in [7, 11) is 0. The normalized spacial score (nSPS) is 10.6. The first-order chi connectivity index (χ1) is 8.36. The van der Waals surface area contributed by atoms with Gasteiger partial charge in [-0.2, -0.15) is 0 Å². The van der Waals surface area contributed by atoms with Crippen LogP contribution < -0.4 is 5.32 Å². The Morgan fingerprint density at radius 3 is 2.94 bits per heavy atom. The van der Waals surface area contributed by atoms with E-state index in [2.05, 4.69) is 25.9 Å². The molecule has 1 N–H and O–H groups in total. The van der Waals surface area contributed by atoms with E-state index in [1.54, 1.807) is 6.20 Å². The van der Waals surface area contributed by atoms with Gasteiger partial charge in [0, 0.05) is 37.9 Å². The second-order valence-electron chi connectivity index (χ2n) is 4.03. The Morgan fingerprint density at radius 2 is 2.24 bits per heavy atom. The van der Waals surface area contributed by atoms with Crippen molar-refractivity contribution >= 4 is 0 Å². The number of hydrogen-bond donors (Lipinski definition) is 1. The summed E-state index contributed by atoms with van der Waals surface area (Å²) in [5.74, 6) is 1.07. The standard InChI is InChI=1S/C13H18N4/c1-12-16-8-10-17(12)9-7-14-6-4-13-3-2-5-15-11-13/h2-3,5,8,10-11,14H,4,6-7,9H2,1H3. The first kappa shape index (κ1) is 11.8. The van der Waals surface area contributed by atoms with Crippen LogP contribution in [0.25, 0.3) is 0 Å². The zero-order valence-corrected chi connectivity index (χ0v) is 10.1. The highest BCUT2D eigenvalue weighted by Crippen LogP contribution is 1.96. The highest BCUT2D eigenvalue weighted by atomic mass is 15.1. The summed E-state index contributed by atoms with van der Waals surface area (Å²) in [5.41, 5.74) is 1.28. The third-order valence-electron chi connectivity index (χ3n) is 2.77. The molecule has 0 bridgehead atoms. The van der Waals surface area contributed by atoms with Crippen molar-refractivity contribution in [3.63, 3.8) is 0 Å². The lowest BCUT2D eigenvalue weighted by atomic mass is 10.2. The van der Waals surface area contributed by atoms with E-state index in [4.69, 9.17) is 0 Å². The second-order valence-corrected chi connectivity index (χ2v) is 4.03. The molecule has 0 aromatic carbocycles. The quantitative estimate of drug-likeness (QED) is 0.763. The molecule has 0 spiro atoms. The summed E-state index contributed by atoms with van der Waals surface area (Å²) in [5, 5.41) is 3.42. The number of pyridine rings is 1. The highest BCUT2D eigenvalue weighted by molar-refractivity contribution is 5.08. The van der Waals surface area contributed by atoms with E-state index in [0.29, 0.717) is 0 Å². The Morgan fingerprint density at radius 1 is 1.29 bits per heavy atom. The van der Waals surface area contributed by atoms with E-state index in [9.17, 15) is 0 Å². The van der Waals surface area contributed by atoms with Gasteiger partial charge < -0.3 is 9.88 Å². The molecule has 2 aromatic heterocycles. The number of rotatable bonds is 6. The summed E-state index contributed by atoms with van der Waals surface area (Å²) in [4.78, 5) is 8.29. The van der Waals surface area contributed by atoms with Gasteiger partial charge in [-0.15, -0.1) is 0 Å².